The number of nitrogens with one attached hydrogen (secondary N) is 13. The van der Waals surface area contributed by atoms with Gasteiger partial charge >= 0.3 is 0 Å². The van der Waals surface area contributed by atoms with E-state index in [0.717, 1.165) is 6.92 Å². The van der Waals surface area contributed by atoms with Gasteiger partial charge in [0.2, 0.25) is 82.7 Å². The third kappa shape index (κ3) is 36.3. The highest BCUT2D eigenvalue weighted by Crippen LogP contribution is 2.11. The molecule has 0 bridgehead atoms. The van der Waals surface area contributed by atoms with Crippen molar-refractivity contribution in [2.45, 2.75) is 170 Å². The maximum absolute atomic E-state index is 14.2. The van der Waals surface area contributed by atoms with Crippen molar-refractivity contribution >= 4 is 120 Å². The zero-order valence-electron chi connectivity index (χ0n) is 58.6. The first-order valence-corrected chi connectivity index (χ1v) is 35.0. The summed E-state index contributed by atoms with van der Waals surface area (Å²) in [5.74, 6) is -12.9. The molecule has 104 heavy (non-hydrogen) atoms. The van der Waals surface area contributed by atoms with Crippen molar-refractivity contribution in [2.24, 2.45) is 55.9 Å². The fourth-order valence-corrected chi connectivity index (χ4v) is 10.0. The van der Waals surface area contributed by atoms with Crippen molar-refractivity contribution in [3.8, 4) is 0 Å². The second-order valence-electron chi connectivity index (χ2n) is 24.2. The van der Waals surface area contributed by atoms with Gasteiger partial charge in [0, 0.05) is 37.4 Å². The Morgan fingerprint density at radius 1 is 0.394 bits per heavy atom. The lowest BCUT2D eigenvalue weighted by Crippen LogP contribution is -2.60. The lowest BCUT2D eigenvalue weighted by atomic mass is 10.0. The van der Waals surface area contributed by atoms with Crippen molar-refractivity contribution in [3.05, 3.63) is 71.8 Å². The molecule has 2 aromatic rings. The summed E-state index contributed by atoms with van der Waals surface area (Å²) < 4.78 is 0. The smallest absolute Gasteiger partial charge is 0.245 e. The van der Waals surface area contributed by atoms with Crippen LogP contribution in [0.2, 0.25) is 0 Å². The number of aliphatic hydroxyl groups is 1. The van der Waals surface area contributed by atoms with Crippen molar-refractivity contribution in [3.63, 3.8) is 0 Å². The number of carbonyl (C=O) groups excluding carboxylic acids is 14. The van der Waals surface area contributed by atoms with Gasteiger partial charge in [-0.25, -0.2) is 0 Å². The molecule has 0 spiro atoms. The van der Waals surface area contributed by atoms with E-state index < -0.39 is 175 Å². The standard InChI is InChI=1S/C64H105N23O15S2/c1-35(78-49(90)32-77-62(102)51(37(3)88)87-60(100)46(29-39-18-8-5-9-19-39)80-50(91)31-75-48(89)30-76-56(96)45(85-55(95)40(67)33-103)28-38-16-6-4-7-17-38)53(93)82-44(23-15-27-74-64(71)72)58(98)84-42(21-11-13-25-66)59(99)86-47(34-104)61(101)79-36(2)54(94)83-43(22-14-26-73-63(69)70)57(97)81-41(52(68)92)20-10-12-24-65/h4-9,16-19,35-37,40-47,51,88,103-104H,10-15,20-34,65-67H2,1-3H3,(H2,68,92)(H,75,89)(H,76,96)(H,77,102)(H,78,90)(H,79,101)(H,80,91)(H,81,97)(H,82,93)(H,83,94)(H,84,98)(H,85,95)(H,86,99)(H,87,100)(H4,69,70,73)(H4,71,72,74)/t35-,36-,37+,40-,41-,42-,43-,44-,45-,46-,47-,51-/m0/s1. The highest BCUT2D eigenvalue weighted by atomic mass is 32.1. The van der Waals surface area contributed by atoms with Gasteiger partial charge in [-0.15, -0.1) is 0 Å². The number of hydrogen-bond acceptors (Lipinski definition) is 22. The number of nitrogens with zero attached hydrogens (tertiary/aromatic N) is 2. The van der Waals surface area contributed by atoms with Gasteiger partial charge in [-0.1, -0.05) is 60.7 Å². The monoisotopic (exact) mass is 1500 g/mol. The third-order valence-corrected chi connectivity index (χ3v) is 16.2. The number of hydrogen-bond donors (Lipinski definition) is 24. The van der Waals surface area contributed by atoms with Gasteiger partial charge < -0.3 is 120 Å². The first kappa shape index (κ1) is 90.2. The summed E-state index contributed by atoms with van der Waals surface area (Å²) in [6.07, 6.45) is 0.240. The quantitative estimate of drug-likeness (QED) is 0.0127. The third-order valence-electron chi connectivity index (χ3n) is 15.4. The van der Waals surface area contributed by atoms with Crippen LogP contribution in [-0.4, -0.2) is 230 Å². The fraction of sp³-hybridized carbons (Fsp3) is 0.562. The van der Waals surface area contributed by atoms with E-state index in [0.29, 0.717) is 36.9 Å². The van der Waals surface area contributed by atoms with Gasteiger partial charge in [-0.3, -0.25) is 77.1 Å². The molecule has 0 aromatic heterocycles. The van der Waals surface area contributed by atoms with E-state index in [2.05, 4.69) is 104 Å². The zero-order valence-corrected chi connectivity index (χ0v) is 60.4. The topological polar surface area (TPSA) is 648 Å². The number of benzene rings is 2. The zero-order chi connectivity index (χ0) is 77.8. The molecule has 578 valence electrons. The molecule has 0 aliphatic carbocycles. The molecule has 0 radical (unpaired) electrons. The van der Waals surface area contributed by atoms with E-state index in [1.54, 1.807) is 60.7 Å². The highest BCUT2D eigenvalue weighted by molar-refractivity contribution is 7.80. The van der Waals surface area contributed by atoms with Gasteiger partial charge in [-0.05, 0) is 109 Å². The molecule has 0 aliphatic heterocycles. The summed E-state index contributed by atoms with van der Waals surface area (Å²) in [5.41, 5.74) is 45.8. The normalized spacial score (nSPS) is 14.3. The van der Waals surface area contributed by atoms with Crippen LogP contribution in [0.5, 0.6) is 0 Å². The average Bonchev–Trinajstić information content (AvgIpc) is 0.884. The minimum absolute atomic E-state index is 0.00451. The molecule has 0 saturated carbocycles. The summed E-state index contributed by atoms with van der Waals surface area (Å²) in [7, 11) is 0. The molecule has 30 N–H and O–H groups in total. The van der Waals surface area contributed by atoms with Crippen LogP contribution >= 0.6 is 25.3 Å². The number of unbranched alkanes of at least 4 members (excludes halogenated alkanes) is 2. The minimum atomic E-state index is -1.74. The molecule has 14 amide bonds. The summed E-state index contributed by atoms with van der Waals surface area (Å²) in [6, 6.07) is 2.36. The number of aliphatic imine (C=N–C) groups is 2. The number of thiol groups is 2. The Hall–Kier alpha value is -9.90. The molecule has 2 aromatic carbocycles. The van der Waals surface area contributed by atoms with Crippen molar-refractivity contribution < 1.29 is 72.2 Å². The molecule has 0 fully saturated rings. The van der Waals surface area contributed by atoms with Gasteiger partial charge in [-0.2, -0.15) is 25.3 Å². The number of aliphatic hydroxyl groups excluding tert-OH is 1. The highest BCUT2D eigenvalue weighted by Gasteiger charge is 2.35. The van der Waals surface area contributed by atoms with Gasteiger partial charge in [0.15, 0.2) is 11.9 Å². The van der Waals surface area contributed by atoms with E-state index in [1.807, 2.05) is 0 Å². The van der Waals surface area contributed by atoms with Gasteiger partial charge in [0.05, 0.1) is 31.8 Å². The SMILES string of the molecule is C[C@H](NC(=O)CNC(=O)[C@@H](NC(=O)[C@H](Cc1ccccc1)NC(=O)CNC(=O)CNC(=O)[C@H](Cc1ccccc1)NC(=O)[C@@H](N)CS)[C@@H](C)O)C(=O)N[C@@H](CCCN=C(N)N)C(=O)N[C@@H](CCCCN)C(=O)N[C@@H](CS)C(=O)N[C@@H](C)C(=O)N[C@@H](CCCN=C(N)N)C(=O)N[C@@H](CCCCN)C(N)=O. The van der Waals surface area contributed by atoms with E-state index in [1.165, 1.54) is 13.8 Å². The van der Waals surface area contributed by atoms with Crippen molar-refractivity contribution in [2.75, 3.05) is 57.3 Å². The second-order valence-corrected chi connectivity index (χ2v) is 24.9. The Morgan fingerprint density at radius 2 is 0.769 bits per heavy atom. The maximum Gasteiger partial charge on any atom is 0.245 e. The van der Waals surface area contributed by atoms with Crippen molar-refractivity contribution in [1.82, 2.24) is 69.1 Å². The first-order valence-electron chi connectivity index (χ1n) is 33.7. The van der Waals surface area contributed by atoms with Crippen LogP contribution in [0, 0.1) is 0 Å². The number of guanidine groups is 2. The second kappa shape index (κ2) is 49.7. The maximum atomic E-state index is 14.2. The molecular formula is C64H105N23O15S2. The summed E-state index contributed by atoms with van der Waals surface area (Å²) >= 11 is 8.28. The molecule has 2 rings (SSSR count). The largest absolute Gasteiger partial charge is 0.391 e. The molecule has 0 saturated heterocycles. The molecular weight excluding hydrogens is 1390 g/mol. The lowest BCUT2D eigenvalue weighted by molar-refractivity contribution is -0.135. The Labute approximate surface area is 613 Å². The molecule has 0 heterocycles. The Kier molecular flexibility index (Phi) is 43.1. The number of rotatable bonds is 50. The number of primary amides is 1. The van der Waals surface area contributed by atoms with Crippen molar-refractivity contribution in [1.29, 1.82) is 0 Å². The predicted molar refractivity (Wildman–Crippen MR) is 392 cm³/mol. The molecule has 12 atom stereocenters. The van der Waals surface area contributed by atoms with E-state index in [-0.39, 0.29) is 101 Å². The molecule has 0 unspecified atom stereocenters. The molecule has 0 aliphatic rings. The number of nitrogens with two attached hydrogens (primary N) is 8. The fourth-order valence-electron chi connectivity index (χ4n) is 9.62. The van der Waals surface area contributed by atoms with Crippen LogP contribution in [0.1, 0.15) is 96.1 Å². The minimum Gasteiger partial charge on any atom is -0.391 e. The van der Waals surface area contributed by atoms with Crippen LogP contribution in [0.15, 0.2) is 70.6 Å². The van der Waals surface area contributed by atoms with E-state index in [9.17, 15) is 72.2 Å². The Balaban J connectivity index is 2.20. The predicted octanol–water partition coefficient (Wildman–Crippen LogP) is -8.87. The molecule has 38 nitrogen and oxygen atoms in total. The van der Waals surface area contributed by atoms with E-state index >= 15 is 0 Å². The van der Waals surface area contributed by atoms with Crippen LogP contribution in [0.4, 0.5) is 0 Å². The lowest BCUT2D eigenvalue weighted by Gasteiger charge is -2.26. The van der Waals surface area contributed by atoms with Crippen LogP contribution in [-0.2, 0) is 80.0 Å². The van der Waals surface area contributed by atoms with Crippen LogP contribution in [0.3, 0.4) is 0 Å². The van der Waals surface area contributed by atoms with E-state index in [4.69, 9.17) is 45.9 Å². The summed E-state index contributed by atoms with van der Waals surface area (Å²) in [4.78, 5) is 196. The first-order chi connectivity index (χ1) is 49.3. The van der Waals surface area contributed by atoms with Crippen LogP contribution < -0.4 is 115 Å². The van der Waals surface area contributed by atoms with Gasteiger partial charge in [0.1, 0.15) is 60.4 Å². The number of carbonyl (C=O) groups is 14. The van der Waals surface area contributed by atoms with Gasteiger partial charge in [0.25, 0.3) is 0 Å². The van der Waals surface area contributed by atoms with Crippen LogP contribution in [0.25, 0.3) is 0 Å². The Morgan fingerprint density at radius 3 is 1.22 bits per heavy atom. The summed E-state index contributed by atoms with van der Waals surface area (Å²) in [6.45, 7) is 2.16. The average molecular weight is 1500 g/mol. The summed E-state index contributed by atoms with van der Waals surface area (Å²) in [5, 5.41) is 42.8. The Bertz CT molecular complexity index is 3210. The molecule has 40 heteroatoms. The number of amides is 14.